The van der Waals surface area contributed by atoms with E-state index in [0.717, 1.165) is 21.9 Å². The molecule has 0 atom stereocenters. The summed E-state index contributed by atoms with van der Waals surface area (Å²) in [5.74, 6) is 0. The van der Waals surface area contributed by atoms with Gasteiger partial charge in [-0.25, -0.2) is 0 Å². The summed E-state index contributed by atoms with van der Waals surface area (Å²) in [6, 6.07) is 6.39. The topological polar surface area (TPSA) is 26.0 Å². The zero-order chi connectivity index (χ0) is 21.6. The van der Waals surface area contributed by atoms with E-state index in [-0.39, 0.29) is 35.0 Å². The van der Waals surface area contributed by atoms with E-state index >= 15 is 0 Å². The van der Waals surface area contributed by atoms with Gasteiger partial charge < -0.3 is 5.73 Å². The molecule has 1 heteroatoms. The maximum Gasteiger partial charge on any atom is 0.0630 e. The molecule has 0 unspecified atom stereocenters. The zero-order valence-electron chi connectivity index (χ0n) is 19.8. The van der Waals surface area contributed by atoms with Crippen LogP contribution in [0, 0.1) is 0 Å². The molecule has 0 amide bonds. The third-order valence-corrected chi connectivity index (χ3v) is 5.08. The lowest BCUT2D eigenvalue weighted by Gasteiger charge is -2.25. The maximum atomic E-state index is 8.75. The predicted molar refractivity (Wildman–Crippen MR) is 112 cm³/mol. The van der Waals surface area contributed by atoms with E-state index in [1.165, 1.54) is 0 Å². The number of hydrogen-bond donors (Lipinski definition) is 1. The average molecular weight is 334 g/mol. The van der Waals surface area contributed by atoms with Crippen LogP contribution in [0.1, 0.15) is 58.2 Å². The Morgan fingerprint density at radius 2 is 1.24 bits per heavy atom. The van der Waals surface area contributed by atoms with Crippen molar-refractivity contribution in [2.45, 2.75) is 52.4 Å². The molecule has 0 fully saturated rings. The molecule has 0 saturated carbocycles. The molecule has 0 aromatic heterocycles. The van der Waals surface area contributed by atoms with Crippen molar-refractivity contribution in [3.05, 3.63) is 53.5 Å². The minimum absolute atomic E-state index is 0.0931. The van der Waals surface area contributed by atoms with Gasteiger partial charge in [0, 0.05) is 11.1 Å². The smallest absolute Gasteiger partial charge is 0.0630 e. The largest absolute Gasteiger partial charge is 0.398 e. The fraction of sp³-hybridized carbons (Fsp3) is 0.333. The van der Waals surface area contributed by atoms with Crippen LogP contribution in [0.3, 0.4) is 0 Å². The van der Waals surface area contributed by atoms with Crippen LogP contribution in [0.15, 0.2) is 42.4 Å². The quantitative estimate of drug-likeness (QED) is 0.279. The number of anilines is 1. The molecule has 0 aliphatic carbocycles. The number of nitrogen functional groups attached to an aromatic ring is 1. The fourth-order valence-corrected chi connectivity index (χ4v) is 3.61. The Bertz CT molecular complexity index is 1290. The summed E-state index contributed by atoms with van der Waals surface area (Å²) in [5, 5.41) is 4.00. The van der Waals surface area contributed by atoms with Crippen molar-refractivity contribution in [2.75, 3.05) is 5.73 Å². The predicted octanol–water partition coefficient (Wildman–Crippen LogP) is 6.76. The molecule has 0 bridgehead atoms. The minimum atomic E-state index is -0.281. The van der Waals surface area contributed by atoms with E-state index in [4.69, 9.17) is 11.2 Å². The summed E-state index contributed by atoms with van der Waals surface area (Å²) in [4.78, 5) is 0. The van der Waals surface area contributed by atoms with Crippen LogP contribution < -0.4 is 5.73 Å². The monoisotopic (exact) mass is 333 g/mol. The SMILES string of the molecule is [2H]c1c([2H])c2cc(C(C)(C)C)c(N)c3c([2H])c([2H])c4cc(C(C)(C)C)cc1c4c23. The van der Waals surface area contributed by atoms with Crippen molar-refractivity contribution >= 4 is 38.0 Å². The van der Waals surface area contributed by atoms with Gasteiger partial charge in [0.05, 0.1) is 5.48 Å². The molecule has 0 saturated heterocycles. The van der Waals surface area contributed by atoms with Gasteiger partial charge in [0.15, 0.2) is 0 Å². The Balaban J connectivity index is 2.40. The summed E-state index contributed by atoms with van der Waals surface area (Å²) in [6.45, 7) is 12.4. The zero-order valence-corrected chi connectivity index (χ0v) is 15.8. The summed E-state index contributed by atoms with van der Waals surface area (Å²) < 4.78 is 34.9. The molecule has 0 aliphatic heterocycles. The standard InChI is InChI=1S/C24H27N/c1-23(2,3)17-11-14-7-8-16-13-19(24(4,5)6)22(25)18-10-9-15(12-17)20(14)21(16)18/h7-13H,25H2,1-6H3/i7D,8D,9D,10D. The molecule has 0 radical (unpaired) electrons. The van der Waals surface area contributed by atoms with Crippen LogP contribution in [0.25, 0.3) is 32.3 Å². The Morgan fingerprint density at radius 3 is 1.76 bits per heavy atom. The highest BCUT2D eigenvalue weighted by Crippen LogP contribution is 2.42. The van der Waals surface area contributed by atoms with Crippen LogP contribution in [-0.4, -0.2) is 0 Å². The maximum absolute atomic E-state index is 8.75. The second-order valence-corrected chi connectivity index (χ2v) is 9.08. The van der Waals surface area contributed by atoms with Crippen molar-refractivity contribution in [1.29, 1.82) is 0 Å². The van der Waals surface area contributed by atoms with Crippen molar-refractivity contribution in [2.24, 2.45) is 0 Å². The van der Waals surface area contributed by atoms with E-state index in [2.05, 4.69) is 20.8 Å². The number of rotatable bonds is 0. The second-order valence-electron chi connectivity index (χ2n) is 9.08. The van der Waals surface area contributed by atoms with Crippen LogP contribution >= 0.6 is 0 Å². The number of hydrogen-bond acceptors (Lipinski definition) is 1. The number of benzene rings is 4. The van der Waals surface area contributed by atoms with Crippen LogP contribution in [0.2, 0.25) is 0 Å². The summed E-state index contributed by atoms with van der Waals surface area (Å²) in [6.07, 6.45) is 0. The molecule has 0 heterocycles. The van der Waals surface area contributed by atoms with E-state index in [0.29, 0.717) is 27.2 Å². The highest BCUT2D eigenvalue weighted by molar-refractivity contribution is 6.25. The lowest BCUT2D eigenvalue weighted by Crippen LogP contribution is -2.14. The molecular weight excluding hydrogens is 302 g/mol. The van der Waals surface area contributed by atoms with E-state index in [1.54, 1.807) is 0 Å². The second kappa shape index (κ2) is 4.88. The van der Waals surface area contributed by atoms with E-state index in [9.17, 15) is 0 Å². The molecule has 0 spiro atoms. The van der Waals surface area contributed by atoms with Gasteiger partial charge in [-0.2, -0.15) is 0 Å². The first-order valence-electron chi connectivity index (χ1n) is 10.8. The van der Waals surface area contributed by atoms with Gasteiger partial charge >= 0.3 is 0 Å². The molecule has 0 aliphatic rings. The first-order chi connectivity index (χ1) is 13.2. The average Bonchev–Trinajstić information content (AvgIpc) is 2.60. The fourth-order valence-electron chi connectivity index (χ4n) is 3.61. The molecular formula is C24H27N. The van der Waals surface area contributed by atoms with Gasteiger partial charge in [0.1, 0.15) is 0 Å². The first kappa shape index (κ1) is 12.1. The van der Waals surface area contributed by atoms with Crippen LogP contribution in [-0.2, 0) is 10.8 Å². The van der Waals surface area contributed by atoms with Gasteiger partial charge in [-0.1, -0.05) is 77.8 Å². The van der Waals surface area contributed by atoms with Gasteiger partial charge in [-0.3, -0.25) is 0 Å². The third kappa shape index (κ3) is 2.37. The highest BCUT2D eigenvalue weighted by Gasteiger charge is 2.22. The molecule has 4 aromatic carbocycles. The van der Waals surface area contributed by atoms with Crippen molar-refractivity contribution in [3.8, 4) is 0 Å². The Hall–Kier alpha value is -2.28. The molecule has 1 nitrogen and oxygen atoms in total. The Morgan fingerprint density at radius 1 is 0.720 bits per heavy atom. The van der Waals surface area contributed by atoms with Gasteiger partial charge in [-0.15, -0.1) is 0 Å². The van der Waals surface area contributed by atoms with Crippen molar-refractivity contribution in [1.82, 2.24) is 0 Å². The molecule has 2 N–H and O–H groups in total. The van der Waals surface area contributed by atoms with Gasteiger partial charge in [0.2, 0.25) is 0 Å². The van der Waals surface area contributed by atoms with Gasteiger partial charge in [-0.05, 0) is 55.0 Å². The normalized spacial score (nSPS) is 15.6. The summed E-state index contributed by atoms with van der Waals surface area (Å²) in [7, 11) is 0. The molecule has 25 heavy (non-hydrogen) atoms. The van der Waals surface area contributed by atoms with Crippen molar-refractivity contribution in [3.63, 3.8) is 0 Å². The Kier molecular flexibility index (Phi) is 2.37. The van der Waals surface area contributed by atoms with Crippen LogP contribution in [0.5, 0.6) is 0 Å². The molecule has 4 aromatic rings. The van der Waals surface area contributed by atoms with E-state index < -0.39 is 0 Å². The Labute approximate surface area is 155 Å². The lowest BCUT2D eigenvalue weighted by molar-refractivity contribution is 0.591. The van der Waals surface area contributed by atoms with Gasteiger partial charge in [0.25, 0.3) is 0 Å². The number of nitrogens with two attached hydrogens (primary N) is 1. The van der Waals surface area contributed by atoms with Crippen molar-refractivity contribution < 1.29 is 5.48 Å². The molecule has 128 valence electrons. The summed E-state index contributed by atoms with van der Waals surface area (Å²) in [5.41, 5.74) is 8.45. The van der Waals surface area contributed by atoms with E-state index in [1.807, 2.05) is 39.0 Å². The first-order valence-corrected chi connectivity index (χ1v) is 8.77. The summed E-state index contributed by atoms with van der Waals surface area (Å²) >= 11 is 0. The minimum Gasteiger partial charge on any atom is -0.398 e. The third-order valence-electron chi connectivity index (χ3n) is 5.08. The molecule has 4 rings (SSSR count). The van der Waals surface area contributed by atoms with Crippen LogP contribution in [0.4, 0.5) is 5.69 Å². The highest BCUT2D eigenvalue weighted by atomic mass is 14.6. The lowest BCUT2D eigenvalue weighted by atomic mass is 9.80.